The van der Waals surface area contributed by atoms with Crippen LogP contribution in [-0.4, -0.2) is 24.7 Å². The van der Waals surface area contributed by atoms with Gasteiger partial charge in [0.25, 0.3) is 0 Å². The van der Waals surface area contributed by atoms with E-state index in [0.717, 1.165) is 36.5 Å². The summed E-state index contributed by atoms with van der Waals surface area (Å²) in [7, 11) is 0. The number of carbonyl (C=O) groups excluding carboxylic acids is 1. The van der Waals surface area contributed by atoms with Gasteiger partial charge >= 0.3 is 6.03 Å². The quantitative estimate of drug-likeness (QED) is 0.896. The zero-order chi connectivity index (χ0) is 16.1. The Balaban J connectivity index is 1.14. The summed E-state index contributed by atoms with van der Waals surface area (Å²) in [5.74, 6) is 3.38. The number of hydrogen-bond acceptors (Lipinski definition) is 2. The molecular weight excluding hydrogens is 300 g/mol. The molecule has 2 N–H and O–H groups in total. The topological polar surface area (TPSA) is 50.4 Å². The van der Waals surface area contributed by atoms with Crippen molar-refractivity contribution in [2.24, 2.45) is 23.7 Å². The zero-order valence-corrected chi connectivity index (χ0v) is 14.0. The van der Waals surface area contributed by atoms with Crippen LogP contribution in [0.2, 0.25) is 0 Å². The van der Waals surface area contributed by atoms with E-state index in [9.17, 15) is 4.79 Å². The number of benzene rings is 1. The van der Waals surface area contributed by atoms with Crippen LogP contribution in [0.1, 0.15) is 43.8 Å². The molecule has 0 spiro atoms. The number of amides is 2. The molecule has 4 aliphatic rings. The van der Waals surface area contributed by atoms with Crippen LogP contribution in [0, 0.1) is 23.7 Å². The first kappa shape index (κ1) is 14.8. The second-order valence-electron chi connectivity index (χ2n) is 8.12. The Labute approximate surface area is 143 Å². The molecule has 1 aromatic carbocycles. The lowest BCUT2D eigenvalue weighted by Crippen LogP contribution is -2.46. The molecule has 0 aromatic heterocycles. The van der Waals surface area contributed by atoms with Crippen molar-refractivity contribution in [1.82, 2.24) is 10.6 Å². The Hall–Kier alpha value is -1.55. The minimum Gasteiger partial charge on any atom is -0.373 e. The summed E-state index contributed by atoms with van der Waals surface area (Å²) in [6, 6.07) is 11.0. The van der Waals surface area contributed by atoms with E-state index < -0.39 is 0 Å². The van der Waals surface area contributed by atoms with E-state index in [1.54, 1.807) is 0 Å². The summed E-state index contributed by atoms with van der Waals surface area (Å²) in [6.45, 7) is 0.712. The van der Waals surface area contributed by atoms with Crippen molar-refractivity contribution in [3.63, 3.8) is 0 Å². The monoisotopic (exact) mass is 326 g/mol. The fourth-order valence-corrected chi connectivity index (χ4v) is 5.72. The molecule has 4 nitrogen and oxygen atoms in total. The molecule has 4 fully saturated rings. The lowest BCUT2D eigenvalue weighted by Gasteiger charge is -2.30. The summed E-state index contributed by atoms with van der Waals surface area (Å²) in [4.78, 5) is 12.4. The van der Waals surface area contributed by atoms with E-state index in [1.165, 1.54) is 24.8 Å². The molecule has 128 valence electrons. The van der Waals surface area contributed by atoms with Crippen molar-refractivity contribution in [3.8, 4) is 0 Å². The fraction of sp³-hybridized carbons (Fsp3) is 0.650. The van der Waals surface area contributed by atoms with Crippen LogP contribution in [0.3, 0.4) is 0 Å². The minimum absolute atomic E-state index is 0.0347. The first-order valence-electron chi connectivity index (χ1n) is 9.53. The van der Waals surface area contributed by atoms with Crippen LogP contribution < -0.4 is 10.6 Å². The highest BCUT2D eigenvalue weighted by Crippen LogP contribution is 2.65. The van der Waals surface area contributed by atoms with Crippen molar-refractivity contribution < 1.29 is 9.53 Å². The maximum absolute atomic E-state index is 12.4. The molecule has 5 rings (SSSR count). The maximum atomic E-state index is 12.4. The van der Waals surface area contributed by atoms with Gasteiger partial charge in [-0.3, -0.25) is 0 Å². The van der Waals surface area contributed by atoms with Gasteiger partial charge in [-0.1, -0.05) is 30.3 Å². The molecule has 3 aliphatic carbocycles. The SMILES string of the molecule is O=C(NC1[C@@H]2[C@H]3CC[C@@H](C3)[C@H]12)N[C@@H]1CCO[C@H](c2ccccc2)C1. The third-order valence-electron chi connectivity index (χ3n) is 6.82. The average molecular weight is 326 g/mol. The fourth-order valence-electron chi connectivity index (χ4n) is 5.72. The Morgan fingerprint density at radius 1 is 0.958 bits per heavy atom. The minimum atomic E-state index is 0.0347. The standard InChI is InChI=1S/C20H26N2O2/c23-20(22-19-17-13-6-7-14(10-13)18(17)19)21-15-8-9-24-16(11-15)12-4-2-1-3-5-12/h1-5,13-19H,6-11H2,(H2,21,22,23)/t13-,14-,15+,16-,17-,18+,19?/m0/s1. The van der Waals surface area contributed by atoms with Gasteiger partial charge in [-0.25, -0.2) is 4.79 Å². The number of hydrogen-bond donors (Lipinski definition) is 2. The third-order valence-corrected chi connectivity index (χ3v) is 6.82. The Bertz CT molecular complexity index is 603. The molecule has 2 bridgehead atoms. The van der Waals surface area contributed by atoms with E-state index in [2.05, 4.69) is 22.8 Å². The molecule has 24 heavy (non-hydrogen) atoms. The second-order valence-corrected chi connectivity index (χ2v) is 8.12. The summed E-state index contributed by atoms with van der Waals surface area (Å²) in [5, 5.41) is 6.47. The average Bonchev–Trinajstić information content (AvgIpc) is 2.99. The summed E-state index contributed by atoms with van der Waals surface area (Å²) < 4.78 is 5.89. The Kier molecular flexibility index (Phi) is 3.55. The van der Waals surface area contributed by atoms with Crippen molar-refractivity contribution in [3.05, 3.63) is 35.9 Å². The highest BCUT2D eigenvalue weighted by Gasteiger charge is 2.65. The van der Waals surface area contributed by atoms with Gasteiger partial charge in [-0.05, 0) is 61.3 Å². The van der Waals surface area contributed by atoms with Crippen LogP contribution >= 0.6 is 0 Å². The van der Waals surface area contributed by atoms with Crippen molar-refractivity contribution in [2.75, 3.05) is 6.61 Å². The van der Waals surface area contributed by atoms with Crippen LogP contribution in [0.15, 0.2) is 30.3 Å². The van der Waals surface area contributed by atoms with E-state index in [0.29, 0.717) is 12.6 Å². The van der Waals surface area contributed by atoms with Gasteiger partial charge in [0.1, 0.15) is 0 Å². The van der Waals surface area contributed by atoms with Gasteiger partial charge < -0.3 is 15.4 Å². The molecule has 1 aliphatic heterocycles. The first-order valence-corrected chi connectivity index (χ1v) is 9.53. The highest BCUT2D eigenvalue weighted by molar-refractivity contribution is 5.75. The lowest BCUT2D eigenvalue weighted by molar-refractivity contribution is 0.00224. The lowest BCUT2D eigenvalue weighted by atomic mass is 9.97. The van der Waals surface area contributed by atoms with Gasteiger partial charge in [0, 0.05) is 18.7 Å². The van der Waals surface area contributed by atoms with Gasteiger partial charge in [0.05, 0.1) is 6.10 Å². The number of urea groups is 1. The summed E-state index contributed by atoms with van der Waals surface area (Å²) in [5.41, 5.74) is 1.21. The van der Waals surface area contributed by atoms with E-state index in [1.807, 2.05) is 18.2 Å². The molecule has 2 amide bonds. The highest BCUT2D eigenvalue weighted by atomic mass is 16.5. The molecule has 7 atom stereocenters. The first-order chi connectivity index (χ1) is 11.8. The summed E-state index contributed by atoms with van der Waals surface area (Å²) in [6.07, 6.45) is 6.07. The Morgan fingerprint density at radius 3 is 2.46 bits per heavy atom. The molecule has 4 heteroatoms. The van der Waals surface area contributed by atoms with Gasteiger partial charge in [-0.2, -0.15) is 0 Å². The van der Waals surface area contributed by atoms with Gasteiger partial charge in [-0.15, -0.1) is 0 Å². The molecule has 1 saturated heterocycles. The molecule has 0 radical (unpaired) electrons. The molecule has 1 unspecified atom stereocenters. The van der Waals surface area contributed by atoms with Crippen LogP contribution in [0.25, 0.3) is 0 Å². The van der Waals surface area contributed by atoms with E-state index >= 15 is 0 Å². The van der Waals surface area contributed by atoms with Gasteiger partial charge in [0.2, 0.25) is 0 Å². The van der Waals surface area contributed by atoms with Crippen molar-refractivity contribution in [1.29, 1.82) is 0 Å². The smallest absolute Gasteiger partial charge is 0.315 e. The maximum Gasteiger partial charge on any atom is 0.315 e. The number of ether oxygens (including phenoxy) is 1. The molecular formula is C20H26N2O2. The number of nitrogens with one attached hydrogen (secondary N) is 2. The third kappa shape index (κ3) is 2.52. The van der Waals surface area contributed by atoms with E-state index in [-0.39, 0.29) is 18.2 Å². The van der Waals surface area contributed by atoms with Crippen LogP contribution in [-0.2, 0) is 4.74 Å². The van der Waals surface area contributed by atoms with Gasteiger partial charge in [0.15, 0.2) is 0 Å². The Morgan fingerprint density at radius 2 is 1.71 bits per heavy atom. The zero-order valence-electron chi connectivity index (χ0n) is 14.0. The second kappa shape index (κ2) is 5.76. The van der Waals surface area contributed by atoms with Crippen LogP contribution in [0.4, 0.5) is 4.79 Å². The number of fused-ring (bicyclic) bond motifs is 5. The number of carbonyl (C=O) groups is 1. The van der Waals surface area contributed by atoms with Crippen LogP contribution in [0.5, 0.6) is 0 Å². The summed E-state index contributed by atoms with van der Waals surface area (Å²) >= 11 is 0. The molecule has 1 heterocycles. The molecule has 1 aromatic rings. The molecule has 3 saturated carbocycles. The van der Waals surface area contributed by atoms with Crippen molar-refractivity contribution in [2.45, 2.75) is 50.3 Å². The van der Waals surface area contributed by atoms with Crippen molar-refractivity contribution >= 4 is 6.03 Å². The van der Waals surface area contributed by atoms with E-state index in [4.69, 9.17) is 4.74 Å². The predicted octanol–water partition coefficient (Wildman–Crippen LogP) is 3.25. The predicted molar refractivity (Wildman–Crippen MR) is 91.4 cm³/mol. The normalized spacial score (nSPS) is 42.4. The number of rotatable bonds is 3. The largest absolute Gasteiger partial charge is 0.373 e.